The molecular weight excluding hydrogens is 268 g/mol. The van der Waals surface area contributed by atoms with Gasteiger partial charge < -0.3 is 15.0 Å². The number of methoxy groups -OCH3 is 1. The van der Waals surface area contributed by atoms with E-state index in [1.54, 1.807) is 31.4 Å². The van der Waals surface area contributed by atoms with Gasteiger partial charge in [-0.25, -0.2) is 0 Å². The molecule has 2 rings (SSSR count). The van der Waals surface area contributed by atoms with Crippen molar-refractivity contribution in [3.63, 3.8) is 0 Å². The van der Waals surface area contributed by atoms with E-state index in [0.29, 0.717) is 11.4 Å². The first kappa shape index (κ1) is 15.4. The van der Waals surface area contributed by atoms with Gasteiger partial charge in [0.25, 0.3) is 0 Å². The molecule has 21 heavy (non-hydrogen) atoms. The molecule has 1 aliphatic rings. The van der Waals surface area contributed by atoms with Gasteiger partial charge in [0.15, 0.2) is 0 Å². The second-order valence-electron chi connectivity index (χ2n) is 5.36. The minimum atomic E-state index is -0.162. The minimum Gasteiger partial charge on any atom is -0.497 e. The average Bonchev–Trinajstić information content (AvgIpc) is 2.97. The molecule has 2 amide bonds. The smallest absolute Gasteiger partial charge is 0.240 e. The van der Waals surface area contributed by atoms with E-state index in [-0.39, 0.29) is 24.4 Å². The number of carbonyl (C=O) groups is 2. The van der Waals surface area contributed by atoms with E-state index in [1.165, 1.54) is 11.8 Å². The van der Waals surface area contributed by atoms with Gasteiger partial charge in [-0.05, 0) is 25.0 Å². The van der Waals surface area contributed by atoms with Crippen molar-refractivity contribution in [1.82, 2.24) is 5.32 Å². The molecule has 1 aromatic rings. The summed E-state index contributed by atoms with van der Waals surface area (Å²) in [6.45, 7) is 1.50. The van der Waals surface area contributed by atoms with E-state index in [9.17, 15) is 9.59 Å². The molecule has 0 aliphatic heterocycles. The third kappa shape index (κ3) is 4.21. The standard InChI is InChI=1S/C16H22N2O3/c1-12(19)18(14-8-5-9-15(10-14)21-2)11-16(20)17-13-6-3-4-7-13/h5,8-10,13H,3-4,6-7,11H2,1-2H3,(H,17,20). The van der Waals surface area contributed by atoms with Gasteiger partial charge in [0.1, 0.15) is 12.3 Å². The summed E-state index contributed by atoms with van der Waals surface area (Å²) in [5, 5.41) is 3.00. The van der Waals surface area contributed by atoms with Gasteiger partial charge in [0.05, 0.1) is 7.11 Å². The van der Waals surface area contributed by atoms with E-state index in [2.05, 4.69) is 5.32 Å². The molecule has 1 aromatic carbocycles. The van der Waals surface area contributed by atoms with E-state index >= 15 is 0 Å². The number of carbonyl (C=O) groups excluding carboxylic acids is 2. The number of hydrogen-bond donors (Lipinski definition) is 1. The largest absolute Gasteiger partial charge is 0.497 e. The number of rotatable bonds is 5. The molecule has 0 heterocycles. The minimum absolute atomic E-state index is 0.0407. The fourth-order valence-corrected chi connectivity index (χ4v) is 2.65. The van der Waals surface area contributed by atoms with Crippen LogP contribution in [0.2, 0.25) is 0 Å². The molecule has 0 spiro atoms. The van der Waals surface area contributed by atoms with Crippen LogP contribution in [0, 0.1) is 0 Å². The van der Waals surface area contributed by atoms with E-state index < -0.39 is 0 Å². The van der Waals surface area contributed by atoms with Gasteiger partial charge in [-0.2, -0.15) is 0 Å². The Morgan fingerprint density at radius 1 is 1.33 bits per heavy atom. The van der Waals surface area contributed by atoms with Crippen molar-refractivity contribution in [3.05, 3.63) is 24.3 Å². The van der Waals surface area contributed by atoms with Crippen LogP contribution in [0.15, 0.2) is 24.3 Å². The SMILES string of the molecule is COc1cccc(N(CC(=O)NC2CCCC2)C(C)=O)c1. The molecule has 5 heteroatoms. The van der Waals surface area contributed by atoms with Crippen molar-refractivity contribution in [2.75, 3.05) is 18.6 Å². The first-order valence-corrected chi connectivity index (χ1v) is 7.31. The predicted octanol–water partition coefficient (Wildman–Crippen LogP) is 2.11. The van der Waals surface area contributed by atoms with Crippen LogP contribution in [0.25, 0.3) is 0 Å². The molecular formula is C16H22N2O3. The van der Waals surface area contributed by atoms with Crippen LogP contribution in [-0.4, -0.2) is 31.5 Å². The van der Waals surface area contributed by atoms with Gasteiger partial charge >= 0.3 is 0 Å². The molecule has 0 bridgehead atoms. The van der Waals surface area contributed by atoms with Crippen LogP contribution in [0.5, 0.6) is 5.75 Å². The van der Waals surface area contributed by atoms with Crippen molar-refractivity contribution in [3.8, 4) is 5.75 Å². The fraction of sp³-hybridized carbons (Fsp3) is 0.500. The topological polar surface area (TPSA) is 58.6 Å². The number of amides is 2. The summed E-state index contributed by atoms with van der Waals surface area (Å²) in [7, 11) is 1.57. The lowest BCUT2D eigenvalue weighted by Gasteiger charge is -2.22. The molecule has 1 fully saturated rings. The monoisotopic (exact) mass is 290 g/mol. The van der Waals surface area contributed by atoms with Crippen molar-refractivity contribution >= 4 is 17.5 Å². The molecule has 1 N–H and O–H groups in total. The van der Waals surface area contributed by atoms with Gasteiger partial charge in [0, 0.05) is 24.7 Å². The van der Waals surface area contributed by atoms with Crippen LogP contribution in [-0.2, 0) is 9.59 Å². The van der Waals surface area contributed by atoms with E-state index in [1.807, 2.05) is 0 Å². The van der Waals surface area contributed by atoms with Gasteiger partial charge in [-0.1, -0.05) is 18.9 Å². The van der Waals surface area contributed by atoms with Crippen molar-refractivity contribution in [2.24, 2.45) is 0 Å². The molecule has 1 aliphatic carbocycles. The number of nitrogens with one attached hydrogen (secondary N) is 1. The summed E-state index contributed by atoms with van der Waals surface area (Å²) in [6.07, 6.45) is 4.39. The Morgan fingerprint density at radius 2 is 2.05 bits per heavy atom. The second-order valence-corrected chi connectivity index (χ2v) is 5.36. The average molecular weight is 290 g/mol. The fourth-order valence-electron chi connectivity index (χ4n) is 2.65. The number of benzene rings is 1. The van der Waals surface area contributed by atoms with Crippen molar-refractivity contribution < 1.29 is 14.3 Å². The Bertz CT molecular complexity index is 510. The molecule has 0 aromatic heterocycles. The lowest BCUT2D eigenvalue weighted by molar-refractivity contribution is -0.123. The summed E-state index contributed by atoms with van der Waals surface area (Å²) < 4.78 is 5.16. The number of nitrogens with zero attached hydrogens (tertiary/aromatic N) is 1. The zero-order valence-electron chi connectivity index (χ0n) is 12.6. The second kappa shape index (κ2) is 7.11. The Balaban J connectivity index is 2.04. The highest BCUT2D eigenvalue weighted by molar-refractivity contribution is 5.97. The number of ether oxygens (including phenoxy) is 1. The zero-order valence-corrected chi connectivity index (χ0v) is 12.6. The molecule has 1 saturated carbocycles. The normalized spacial score (nSPS) is 14.8. The lowest BCUT2D eigenvalue weighted by Crippen LogP contribution is -2.43. The molecule has 114 valence electrons. The van der Waals surface area contributed by atoms with Gasteiger partial charge in [-0.3, -0.25) is 9.59 Å². The lowest BCUT2D eigenvalue weighted by atomic mass is 10.2. The van der Waals surface area contributed by atoms with Crippen LogP contribution in [0.3, 0.4) is 0 Å². The maximum absolute atomic E-state index is 12.1. The highest BCUT2D eigenvalue weighted by Crippen LogP contribution is 2.21. The van der Waals surface area contributed by atoms with Crippen LogP contribution in [0.4, 0.5) is 5.69 Å². The summed E-state index contributed by atoms with van der Waals surface area (Å²) in [4.78, 5) is 25.4. The first-order chi connectivity index (χ1) is 10.1. The quantitative estimate of drug-likeness (QED) is 0.903. The number of hydrogen-bond acceptors (Lipinski definition) is 3. The first-order valence-electron chi connectivity index (χ1n) is 7.31. The Hall–Kier alpha value is -2.04. The predicted molar refractivity (Wildman–Crippen MR) is 81.4 cm³/mol. The van der Waals surface area contributed by atoms with Crippen molar-refractivity contribution in [1.29, 1.82) is 0 Å². The van der Waals surface area contributed by atoms with Crippen LogP contribution >= 0.6 is 0 Å². The molecule has 0 atom stereocenters. The summed E-state index contributed by atoms with van der Waals surface area (Å²) in [5.74, 6) is 0.389. The maximum atomic E-state index is 12.1. The summed E-state index contributed by atoms with van der Waals surface area (Å²) >= 11 is 0. The molecule has 0 saturated heterocycles. The van der Waals surface area contributed by atoms with E-state index in [0.717, 1.165) is 25.7 Å². The Morgan fingerprint density at radius 3 is 2.67 bits per heavy atom. The van der Waals surface area contributed by atoms with E-state index in [4.69, 9.17) is 4.74 Å². The molecule has 0 unspecified atom stereocenters. The van der Waals surface area contributed by atoms with Crippen LogP contribution < -0.4 is 15.0 Å². The number of anilines is 1. The van der Waals surface area contributed by atoms with Crippen molar-refractivity contribution in [2.45, 2.75) is 38.6 Å². The summed E-state index contributed by atoms with van der Waals surface area (Å²) in [5.41, 5.74) is 0.670. The molecule has 5 nitrogen and oxygen atoms in total. The Labute approximate surface area is 125 Å². The van der Waals surface area contributed by atoms with Crippen LogP contribution in [0.1, 0.15) is 32.6 Å². The highest BCUT2D eigenvalue weighted by atomic mass is 16.5. The zero-order chi connectivity index (χ0) is 15.2. The molecule has 0 radical (unpaired) electrons. The summed E-state index contributed by atoms with van der Waals surface area (Å²) in [6, 6.07) is 7.42. The highest BCUT2D eigenvalue weighted by Gasteiger charge is 2.20. The third-order valence-corrected chi connectivity index (χ3v) is 3.77. The maximum Gasteiger partial charge on any atom is 0.240 e. The third-order valence-electron chi connectivity index (χ3n) is 3.77. The Kier molecular flexibility index (Phi) is 5.20. The van der Waals surface area contributed by atoms with Gasteiger partial charge in [0.2, 0.25) is 11.8 Å². The van der Waals surface area contributed by atoms with Gasteiger partial charge in [-0.15, -0.1) is 0 Å².